The van der Waals surface area contributed by atoms with Crippen LogP contribution < -0.4 is 4.74 Å². The van der Waals surface area contributed by atoms with E-state index in [-0.39, 0.29) is 0 Å². The number of hydrogen-bond acceptors (Lipinski definition) is 4. The molecular formula is C17H15Cl2N3OS. The SMILES string of the molecule is Cn1c(SCCOc2ccc(Cl)cc2)nnc1-c1ccccc1Cl. The summed E-state index contributed by atoms with van der Waals surface area (Å²) >= 11 is 13.7. The van der Waals surface area contributed by atoms with Crippen LogP contribution in [0, 0.1) is 0 Å². The van der Waals surface area contributed by atoms with Gasteiger partial charge in [-0.3, -0.25) is 0 Å². The summed E-state index contributed by atoms with van der Waals surface area (Å²) in [6.45, 7) is 0.570. The predicted molar refractivity (Wildman–Crippen MR) is 99.1 cm³/mol. The Morgan fingerprint density at radius 2 is 1.79 bits per heavy atom. The second-order valence-corrected chi connectivity index (χ2v) is 6.90. The molecule has 0 radical (unpaired) electrons. The first-order chi connectivity index (χ1) is 11.6. The van der Waals surface area contributed by atoms with E-state index in [1.165, 1.54) is 0 Å². The molecule has 0 amide bonds. The molecule has 0 spiro atoms. The summed E-state index contributed by atoms with van der Waals surface area (Å²) in [5.74, 6) is 2.31. The molecule has 0 aliphatic heterocycles. The average Bonchev–Trinajstić information content (AvgIpc) is 2.94. The number of rotatable bonds is 6. The first-order valence-electron chi connectivity index (χ1n) is 7.30. The highest BCUT2D eigenvalue weighted by molar-refractivity contribution is 7.99. The van der Waals surface area contributed by atoms with E-state index < -0.39 is 0 Å². The summed E-state index contributed by atoms with van der Waals surface area (Å²) in [5.41, 5.74) is 0.874. The lowest BCUT2D eigenvalue weighted by Crippen LogP contribution is -2.02. The van der Waals surface area contributed by atoms with Gasteiger partial charge in [-0.05, 0) is 36.4 Å². The van der Waals surface area contributed by atoms with Crippen LogP contribution >= 0.6 is 35.0 Å². The van der Waals surface area contributed by atoms with Crippen molar-refractivity contribution in [2.45, 2.75) is 5.16 Å². The van der Waals surface area contributed by atoms with Crippen LogP contribution in [-0.2, 0) is 7.05 Å². The van der Waals surface area contributed by atoms with Gasteiger partial charge in [0.15, 0.2) is 11.0 Å². The van der Waals surface area contributed by atoms with E-state index >= 15 is 0 Å². The number of hydrogen-bond donors (Lipinski definition) is 0. The molecule has 0 fully saturated rings. The van der Waals surface area contributed by atoms with Crippen molar-refractivity contribution in [2.75, 3.05) is 12.4 Å². The van der Waals surface area contributed by atoms with Crippen molar-refractivity contribution in [3.8, 4) is 17.1 Å². The van der Waals surface area contributed by atoms with Gasteiger partial charge in [-0.1, -0.05) is 47.1 Å². The lowest BCUT2D eigenvalue weighted by molar-refractivity contribution is 0.344. The lowest BCUT2D eigenvalue weighted by atomic mass is 10.2. The van der Waals surface area contributed by atoms with E-state index in [0.717, 1.165) is 28.0 Å². The number of thioether (sulfide) groups is 1. The Balaban J connectivity index is 1.59. The Hall–Kier alpha value is -1.69. The molecule has 0 saturated carbocycles. The van der Waals surface area contributed by atoms with Gasteiger partial charge in [0.25, 0.3) is 0 Å². The van der Waals surface area contributed by atoms with Crippen LogP contribution in [0.25, 0.3) is 11.4 Å². The third-order valence-corrected chi connectivity index (χ3v) is 4.91. The quantitative estimate of drug-likeness (QED) is 0.448. The largest absolute Gasteiger partial charge is 0.493 e. The highest BCUT2D eigenvalue weighted by atomic mass is 35.5. The van der Waals surface area contributed by atoms with E-state index in [2.05, 4.69) is 10.2 Å². The summed E-state index contributed by atoms with van der Waals surface area (Å²) < 4.78 is 7.61. The molecule has 0 unspecified atom stereocenters. The molecule has 2 aromatic carbocycles. The van der Waals surface area contributed by atoms with E-state index in [1.807, 2.05) is 60.1 Å². The van der Waals surface area contributed by atoms with Gasteiger partial charge in [-0.2, -0.15) is 0 Å². The van der Waals surface area contributed by atoms with Gasteiger partial charge in [0.2, 0.25) is 0 Å². The van der Waals surface area contributed by atoms with Crippen LogP contribution in [0.4, 0.5) is 0 Å². The van der Waals surface area contributed by atoms with Gasteiger partial charge in [0.05, 0.1) is 11.6 Å². The smallest absolute Gasteiger partial charge is 0.191 e. The Labute approximate surface area is 154 Å². The average molecular weight is 380 g/mol. The fourth-order valence-electron chi connectivity index (χ4n) is 2.14. The molecule has 0 atom stereocenters. The van der Waals surface area contributed by atoms with E-state index in [0.29, 0.717) is 16.7 Å². The maximum absolute atomic E-state index is 6.23. The van der Waals surface area contributed by atoms with Gasteiger partial charge in [-0.25, -0.2) is 0 Å². The van der Waals surface area contributed by atoms with Crippen LogP contribution in [0.15, 0.2) is 53.7 Å². The predicted octanol–water partition coefficient (Wildman–Crippen LogP) is 4.96. The van der Waals surface area contributed by atoms with Crippen molar-refractivity contribution < 1.29 is 4.74 Å². The third-order valence-electron chi connectivity index (χ3n) is 3.35. The summed E-state index contributed by atoms with van der Waals surface area (Å²) in [6.07, 6.45) is 0. The summed E-state index contributed by atoms with van der Waals surface area (Å²) in [6, 6.07) is 14.9. The van der Waals surface area contributed by atoms with Crippen molar-refractivity contribution >= 4 is 35.0 Å². The lowest BCUT2D eigenvalue weighted by Gasteiger charge is -2.07. The zero-order valence-corrected chi connectivity index (χ0v) is 15.3. The fourth-order valence-corrected chi connectivity index (χ4v) is 3.22. The monoisotopic (exact) mass is 379 g/mol. The third kappa shape index (κ3) is 4.04. The molecule has 0 aliphatic carbocycles. The molecule has 4 nitrogen and oxygen atoms in total. The van der Waals surface area contributed by atoms with Gasteiger partial charge in [-0.15, -0.1) is 10.2 Å². The molecule has 1 heterocycles. The first kappa shape index (κ1) is 17.1. The van der Waals surface area contributed by atoms with Crippen LogP contribution in [0.1, 0.15) is 0 Å². The molecule has 24 heavy (non-hydrogen) atoms. The second-order valence-electron chi connectivity index (χ2n) is 5.00. The second kappa shape index (κ2) is 7.92. The molecule has 3 aromatic rings. The highest BCUT2D eigenvalue weighted by Gasteiger charge is 2.13. The van der Waals surface area contributed by atoms with Crippen molar-refractivity contribution in [3.05, 3.63) is 58.6 Å². The Morgan fingerprint density at radius 1 is 1.04 bits per heavy atom. The minimum absolute atomic E-state index is 0.570. The topological polar surface area (TPSA) is 39.9 Å². The van der Waals surface area contributed by atoms with Crippen molar-refractivity contribution in [1.82, 2.24) is 14.8 Å². The summed E-state index contributed by atoms with van der Waals surface area (Å²) in [5, 5.41) is 10.7. The molecule has 7 heteroatoms. The van der Waals surface area contributed by atoms with Crippen LogP contribution in [0.5, 0.6) is 5.75 Å². The number of ether oxygens (including phenoxy) is 1. The fraction of sp³-hybridized carbons (Fsp3) is 0.176. The molecule has 1 aromatic heterocycles. The minimum Gasteiger partial charge on any atom is -0.493 e. The standard InChI is InChI=1S/C17H15Cl2N3OS/c1-22-16(14-4-2-3-5-15(14)19)20-21-17(22)24-11-10-23-13-8-6-12(18)7-9-13/h2-9H,10-11H2,1H3. The van der Waals surface area contributed by atoms with Crippen LogP contribution in [0.3, 0.4) is 0 Å². The normalized spacial score (nSPS) is 10.8. The van der Waals surface area contributed by atoms with Crippen LogP contribution in [-0.4, -0.2) is 27.1 Å². The van der Waals surface area contributed by atoms with E-state index in [9.17, 15) is 0 Å². The molecule has 124 valence electrons. The molecule has 0 saturated heterocycles. The zero-order chi connectivity index (χ0) is 16.9. The van der Waals surface area contributed by atoms with Crippen LogP contribution in [0.2, 0.25) is 10.0 Å². The summed E-state index contributed by atoms with van der Waals surface area (Å²) in [7, 11) is 1.93. The van der Waals surface area contributed by atoms with Crippen molar-refractivity contribution in [2.24, 2.45) is 7.05 Å². The molecule has 0 aliphatic rings. The van der Waals surface area contributed by atoms with Gasteiger partial charge < -0.3 is 9.30 Å². The number of halogens is 2. The maximum atomic E-state index is 6.23. The van der Waals surface area contributed by atoms with Gasteiger partial charge >= 0.3 is 0 Å². The Kier molecular flexibility index (Phi) is 5.66. The summed E-state index contributed by atoms with van der Waals surface area (Å²) in [4.78, 5) is 0. The number of nitrogens with zero attached hydrogens (tertiary/aromatic N) is 3. The first-order valence-corrected chi connectivity index (χ1v) is 9.05. The highest BCUT2D eigenvalue weighted by Crippen LogP contribution is 2.28. The van der Waals surface area contributed by atoms with Crippen molar-refractivity contribution in [3.63, 3.8) is 0 Å². The van der Waals surface area contributed by atoms with Gasteiger partial charge in [0, 0.05) is 23.4 Å². The van der Waals surface area contributed by atoms with E-state index in [4.69, 9.17) is 27.9 Å². The van der Waals surface area contributed by atoms with E-state index in [1.54, 1.807) is 11.8 Å². The van der Waals surface area contributed by atoms with Gasteiger partial charge in [0.1, 0.15) is 5.75 Å². The number of aromatic nitrogens is 3. The maximum Gasteiger partial charge on any atom is 0.191 e. The number of benzene rings is 2. The minimum atomic E-state index is 0.570. The molecule has 0 bridgehead atoms. The zero-order valence-electron chi connectivity index (χ0n) is 12.9. The Morgan fingerprint density at radius 3 is 2.54 bits per heavy atom. The Bertz CT molecular complexity index is 821. The molecule has 0 N–H and O–H groups in total. The molecule has 3 rings (SSSR count). The molecular weight excluding hydrogens is 365 g/mol. The van der Waals surface area contributed by atoms with Crippen molar-refractivity contribution in [1.29, 1.82) is 0 Å².